The zero-order valence-electron chi connectivity index (χ0n) is 9.15. The van der Waals surface area contributed by atoms with Gasteiger partial charge in [-0.25, -0.2) is 9.37 Å². The van der Waals surface area contributed by atoms with Gasteiger partial charge in [0, 0.05) is 11.3 Å². The van der Waals surface area contributed by atoms with Crippen molar-refractivity contribution >= 4 is 32.7 Å². The lowest BCUT2D eigenvalue weighted by Gasteiger charge is -1.97. The van der Waals surface area contributed by atoms with Crippen LogP contribution < -0.4 is 5.73 Å². The summed E-state index contributed by atoms with van der Waals surface area (Å²) in [6, 6.07) is 9.93. The Morgan fingerprint density at radius 3 is 2.78 bits per heavy atom. The molecule has 18 heavy (non-hydrogen) atoms. The molecule has 0 spiro atoms. The molecule has 90 valence electrons. The van der Waals surface area contributed by atoms with Crippen molar-refractivity contribution < 1.29 is 8.81 Å². The Balaban J connectivity index is 2.16. The number of hydrogen-bond acceptors (Lipinski definition) is 3. The predicted molar refractivity (Wildman–Crippen MR) is 71.5 cm³/mol. The van der Waals surface area contributed by atoms with Crippen molar-refractivity contribution in [1.82, 2.24) is 4.98 Å². The first-order chi connectivity index (χ1) is 8.63. The van der Waals surface area contributed by atoms with E-state index in [9.17, 15) is 4.39 Å². The van der Waals surface area contributed by atoms with Crippen molar-refractivity contribution in [3.8, 4) is 11.5 Å². The number of fused-ring (bicyclic) bond motifs is 1. The van der Waals surface area contributed by atoms with E-state index in [4.69, 9.17) is 10.2 Å². The molecule has 3 rings (SSSR count). The zero-order chi connectivity index (χ0) is 12.7. The Morgan fingerprint density at radius 1 is 1.17 bits per heavy atom. The summed E-state index contributed by atoms with van der Waals surface area (Å²) in [6.45, 7) is 0. The minimum atomic E-state index is -0.353. The Kier molecular flexibility index (Phi) is 2.56. The highest BCUT2D eigenvalue weighted by molar-refractivity contribution is 9.10. The molecule has 0 atom stereocenters. The number of nitrogen functional groups attached to an aromatic ring is 1. The molecular weight excluding hydrogens is 299 g/mol. The van der Waals surface area contributed by atoms with Crippen LogP contribution in [0, 0.1) is 5.82 Å². The molecule has 1 aromatic heterocycles. The summed E-state index contributed by atoms with van der Waals surface area (Å²) in [4.78, 5) is 4.29. The number of rotatable bonds is 1. The van der Waals surface area contributed by atoms with Gasteiger partial charge in [0.1, 0.15) is 11.3 Å². The molecule has 0 saturated heterocycles. The van der Waals surface area contributed by atoms with Crippen LogP contribution in [0.15, 0.2) is 45.3 Å². The lowest BCUT2D eigenvalue weighted by atomic mass is 10.2. The van der Waals surface area contributed by atoms with Crippen LogP contribution in [-0.2, 0) is 0 Å². The summed E-state index contributed by atoms with van der Waals surface area (Å²) in [7, 11) is 0. The Hall–Kier alpha value is -1.88. The highest BCUT2D eigenvalue weighted by Gasteiger charge is 2.10. The normalized spacial score (nSPS) is 11.0. The van der Waals surface area contributed by atoms with Gasteiger partial charge in [0.25, 0.3) is 0 Å². The number of anilines is 1. The van der Waals surface area contributed by atoms with Gasteiger partial charge in [0.15, 0.2) is 5.58 Å². The van der Waals surface area contributed by atoms with Gasteiger partial charge in [0.05, 0.1) is 4.47 Å². The number of benzene rings is 2. The van der Waals surface area contributed by atoms with Crippen LogP contribution in [-0.4, -0.2) is 4.98 Å². The average molecular weight is 307 g/mol. The standard InChI is InChI=1S/C13H8BrFN2O/c14-9-3-1-7(5-10(9)15)13-17-11-6-8(16)2-4-12(11)18-13/h1-6H,16H2. The molecule has 0 aliphatic heterocycles. The zero-order valence-corrected chi connectivity index (χ0v) is 10.7. The number of hydrogen-bond donors (Lipinski definition) is 1. The first kappa shape index (κ1) is 11.2. The summed E-state index contributed by atoms with van der Waals surface area (Å²) >= 11 is 3.10. The van der Waals surface area contributed by atoms with E-state index in [1.54, 1.807) is 30.3 Å². The molecule has 0 aliphatic carbocycles. The van der Waals surface area contributed by atoms with Gasteiger partial charge in [-0.15, -0.1) is 0 Å². The quantitative estimate of drug-likeness (QED) is 0.692. The van der Waals surface area contributed by atoms with Crippen molar-refractivity contribution in [3.05, 3.63) is 46.7 Å². The maximum absolute atomic E-state index is 13.4. The number of oxazole rings is 1. The van der Waals surface area contributed by atoms with E-state index in [2.05, 4.69) is 20.9 Å². The van der Waals surface area contributed by atoms with Crippen LogP contribution in [0.1, 0.15) is 0 Å². The molecule has 1 heterocycles. The Bertz CT molecular complexity index is 739. The fourth-order valence-electron chi connectivity index (χ4n) is 1.70. The number of aromatic nitrogens is 1. The topological polar surface area (TPSA) is 52.0 Å². The highest BCUT2D eigenvalue weighted by Crippen LogP contribution is 2.27. The molecule has 5 heteroatoms. The third-order valence-electron chi connectivity index (χ3n) is 2.58. The van der Waals surface area contributed by atoms with Crippen LogP contribution in [0.2, 0.25) is 0 Å². The maximum Gasteiger partial charge on any atom is 0.227 e. The van der Waals surface area contributed by atoms with Crippen molar-refractivity contribution in [1.29, 1.82) is 0 Å². The first-order valence-electron chi connectivity index (χ1n) is 5.25. The van der Waals surface area contributed by atoms with Gasteiger partial charge in [-0.2, -0.15) is 0 Å². The predicted octanol–water partition coefficient (Wildman–Crippen LogP) is 3.98. The molecule has 3 nitrogen and oxygen atoms in total. The monoisotopic (exact) mass is 306 g/mol. The second-order valence-electron chi connectivity index (χ2n) is 3.88. The number of nitrogens with zero attached hydrogens (tertiary/aromatic N) is 1. The molecule has 0 saturated carbocycles. The second kappa shape index (κ2) is 4.10. The van der Waals surface area contributed by atoms with Gasteiger partial charge in [-0.05, 0) is 52.3 Å². The van der Waals surface area contributed by atoms with Crippen molar-refractivity contribution in [2.24, 2.45) is 0 Å². The van der Waals surface area contributed by atoms with Gasteiger partial charge in [-0.3, -0.25) is 0 Å². The summed E-state index contributed by atoms with van der Waals surface area (Å²) < 4.78 is 19.4. The number of halogens is 2. The lowest BCUT2D eigenvalue weighted by molar-refractivity contribution is 0.608. The van der Waals surface area contributed by atoms with E-state index in [1.807, 2.05) is 0 Å². The molecule has 3 aromatic rings. The van der Waals surface area contributed by atoms with E-state index in [-0.39, 0.29) is 5.82 Å². The molecule has 0 fully saturated rings. The SMILES string of the molecule is Nc1ccc2oc(-c3ccc(Br)c(F)c3)nc2c1. The third kappa shape index (κ3) is 1.86. The smallest absolute Gasteiger partial charge is 0.227 e. The minimum Gasteiger partial charge on any atom is -0.436 e. The molecule has 0 aliphatic rings. The summed E-state index contributed by atoms with van der Waals surface area (Å²) in [5, 5.41) is 0. The average Bonchev–Trinajstić information content (AvgIpc) is 2.75. The highest BCUT2D eigenvalue weighted by atomic mass is 79.9. The molecule has 0 amide bonds. The Labute approximate surface area is 111 Å². The van der Waals surface area contributed by atoms with Crippen molar-refractivity contribution in [2.75, 3.05) is 5.73 Å². The first-order valence-corrected chi connectivity index (χ1v) is 6.04. The van der Waals surface area contributed by atoms with E-state index in [0.717, 1.165) is 0 Å². The largest absolute Gasteiger partial charge is 0.436 e. The van der Waals surface area contributed by atoms with Crippen LogP contribution in [0.25, 0.3) is 22.6 Å². The Morgan fingerprint density at radius 2 is 2.00 bits per heavy atom. The molecule has 2 N–H and O–H groups in total. The van der Waals surface area contributed by atoms with E-state index < -0.39 is 0 Å². The minimum absolute atomic E-state index is 0.353. The van der Waals surface area contributed by atoms with Crippen molar-refractivity contribution in [2.45, 2.75) is 0 Å². The van der Waals surface area contributed by atoms with Crippen LogP contribution in [0.4, 0.5) is 10.1 Å². The molecule has 2 aromatic carbocycles. The lowest BCUT2D eigenvalue weighted by Crippen LogP contribution is -1.83. The summed E-state index contributed by atoms with van der Waals surface area (Å²) in [5.74, 6) is 0.0243. The molecule has 0 radical (unpaired) electrons. The fourth-order valence-corrected chi connectivity index (χ4v) is 1.94. The summed E-state index contributed by atoms with van der Waals surface area (Å²) in [6.07, 6.45) is 0. The molecular formula is C13H8BrFN2O. The van der Waals surface area contributed by atoms with Crippen LogP contribution >= 0.6 is 15.9 Å². The van der Waals surface area contributed by atoms with Crippen LogP contribution in [0.3, 0.4) is 0 Å². The van der Waals surface area contributed by atoms with Crippen molar-refractivity contribution in [3.63, 3.8) is 0 Å². The number of nitrogens with two attached hydrogens (primary N) is 1. The van der Waals surface area contributed by atoms with Crippen LogP contribution in [0.5, 0.6) is 0 Å². The van der Waals surface area contributed by atoms with E-state index in [0.29, 0.717) is 32.7 Å². The fraction of sp³-hybridized carbons (Fsp3) is 0. The van der Waals surface area contributed by atoms with E-state index in [1.165, 1.54) is 6.07 Å². The maximum atomic E-state index is 13.4. The molecule has 0 unspecified atom stereocenters. The van der Waals surface area contributed by atoms with Gasteiger partial charge >= 0.3 is 0 Å². The molecule has 0 bridgehead atoms. The second-order valence-corrected chi connectivity index (χ2v) is 4.73. The van der Waals surface area contributed by atoms with Gasteiger partial charge in [0.2, 0.25) is 5.89 Å². The third-order valence-corrected chi connectivity index (χ3v) is 3.22. The summed E-state index contributed by atoms with van der Waals surface area (Å²) in [5.41, 5.74) is 8.16. The van der Waals surface area contributed by atoms with E-state index >= 15 is 0 Å². The van der Waals surface area contributed by atoms with Gasteiger partial charge in [-0.1, -0.05) is 0 Å². The van der Waals surface area contributed by atoms with Gasteiger partial charge < -0.3 is 10.2 Å².